The summed E-state index contributed by atoms with van der Waals surface area (Å²) in [6.07, 6.45) is 0.685. The molecule has 1 amide bonds. The van der Waals surface area contributed by atoms with Crippen LogP contribution in [0.3, 0.4) is 0 Å². The van der Waals surface area contributed by atoms with Crippen molar-refractivity contribution < 1.29 is 4.79 Å². The van der Waals surface area contributed by atoms with E-state index >= 15 is 0 Å². The van der Waals surface area contributed by atoms with Crippen LogP contribution in [0.25, 0.3) is 0 Å². The maximum Gasteiger partial charge on any atom is 0.293 e. The van der Waals surface area contributed by atoms with Gasteiger partial charge in [-0.2, -0.15) is 0 Å². The number of rotatable bonds is 4. The van der Waals surface area contributed by atoms with Gasteiger partial charge in [-0.15, -0.1) is 0 Å². The van der Waals surface area contributed by atoms with Crippen LogP contribution in [0.4, 0.5) is 5.69 Å². The number of aliphatic imine (C=N–C) groups is 2. The Morgan fingerprint density at radius 1 is 1.09 bits per heavy atom. The molecule has 0 spiro atoms. The molecule has 1 heterocycles. The smallest absolute Gasteiger partial charge is 0.293 e. The van der Waals surface area contributed by atoms with E-state index in [0.29, 0.717) is 28.7 Å². The number of benzene rings is 2. The Bertz CT molecular complexity index is 780. The van der Waals surface area contributed by atoms with Gasteiger partial charge >= 0.3 is 0 Å². The van der Waals surface area contributed by atoms with Crippen LogP contribution in [-0.2, 0) is 11.2 Å². The van der Waals surface area contributed by atoms with E-state index in [1.165, 1.54) is 0 Å². The second-order valence-electron chi connectivity index (χ2n) is 5.09. The predicted molar refractivity (Wildman–Crippen MR) is 95.0 cm³/mol. The molecule has 23 heavy (non-hydrogen) atoms. The van der Waals surface area contributed by atoms with Crippen molar-refractivity contribution in [2.24, 2.45) is 9.98 Å². The van der Waals surface area contributed by atoms with Crippen molar-refractivity contribution >= 4 is 46.3 Å². The number of halogens is 2. The predicted octanol–water partition coefficient (Wildman–Crippen LogP) is 4.03. The first-order chi connectivity index (χ1) is 11.1. The molecule has 0 radical (unpaired) electrons. The first-order valence-electron chi connectivity index (χ1n) is 7.02. The maximum absolute atomic E-state index is 12.2. The maximum atomic E-state index is 12.2. The Morgan fingerprint density at radius 2 is 1.78 bits per heavy atom. The van der Waals surface area contributed by atoms with Gasteiger partial charge in [-0.25, -0.2) is 4.99 Å². The molecule has 0 fully saturated rings. The van der Waals surface area contributed by atoms with Gasteiger partial charge in [0.25, 0.3) is 5.91 Å². The van der Waals surface area contributed by atoms with Gasteiger partial charge in [0.15, 0.2) is 0 Å². The molecule has 6 heteroatoms. The molecular weight excluding hydrogens is 333 g/mol. The molecule has 1 aliphatic heterocycles. The summed E-state index contributed by atoms with van der Waals surface area (Å²) < 4.78 is 0. The van der Waals surface area contributed by atoms with E-state index in [9.17, 15) is 4.79 Å². The quantitative estimate of drug-likeness (QED) is 0.893. The first kappa shape index (κ1) is 15.7. The Hall–Kier alpha value is -2.17. The number of anilines is 1. The average Bonchev–Trinajstić information content (AvgIpc) is 2.96. The van der Waals surface area contributed by atoms with Gasteiger partial charge in [-0.1, -0.05) is 53.5 Å². The normalized spacial score (nSPS) is 13.5. The topological polar surface area (TPSA) is 53.8 Å². The van der Waals surface area contributed by atoms with E-state index < -0.39 is 0 Å². The van der Waals surface area contributed by atoms with Crippen molar-refractivity contribution in [3.8, 4) is 0 Å². The fourth-order valence-electron chi connectivity index (χ4n) is 2.25. The number of carbonyl (C=O) groups is 1. The van der Waals surface area contributed by atoms with E-state index in [2.05, 4.69) is 15.3 Å². The number of carbonyl (C=O) groups excluding carboxylic acids is 1. The summed E-state index contributed by atoms with van der Waals surface area (Å²) in [5.74, 6) is -0.196. The zero-order valence-electron chi connectivity index (χ0n) is 12.1. The zero-order chi connectivity index (χ0) is 16.2. The Labute approximate surface area is 143 Å². The molecule has 0 atom stereocenters. The third-order valence-electron chi connectivity index (χ3n) is 3.25. The summed E-state index contributed by atoms with van der Waals surface area (Å²) in [4.78, 5) is 20.7. The van der Waals surface area contributed by atoms with Crippen LogP contribution in [0.2, 0.25) is 10.0 Å². The van der Waals surface area contributed by atoms with Crippen LogP contribution >= 0.6 is 23.2 Å². The Kier molecular flexibility index (Phi) is 4.74. The molecule has 2 aromatic carbocycles. The fourth-order valence-corrected chi connectivity index (χ4v) is 2.78. The molecule has 0 aliphatic carbocycles. The molecule has 1 aliphatic rings. The van der Waals surface area contributed by atoms with E-state index in [-0.39, 0.29) is 11.7 Å². The van der Waals surface area contributed by atoms with Gasteiger partial charge < -0.3 is 5.32 Å². The summed E-state index contributed by atoms with van der Waals surface area (Å²) in [6.45, 7) is 0.438. The highest BCUT2D eigenvalue weighted by Gasteiger charge is 2.18. The molecule has 0 unspecified atom stereocenters. The largest absolute Gasteiger partial charge is 0.319 e. The van der Waals surface area contributed by atoms with Gasteiger partial charge in [0.05, 0.1) is 6.54 Å². The molecule has 0 saturated carbocycles. The number of hydrogen-bond donors (Lipinski definition) is 1. The van der Waals surface area contributed by atoms with Crippen molar-refractivity contribution in [1.82, 2.24) is 0 Å². The van der Waals surface area contributed by atoms with Gasteiger partial charge in [-0.3, -0.25) is 9.79 Å². The van der Waals surface area contributed by atoms with Crippen LogP contribution in [-0.4, -0.2) is 24.0 Å². The summed E-state index contributed by atoms with van der Waals surface area (Å²) in [5.41, 5.74) is 2.53. The molecule has 3 rings (SSSR count). The lowest BCUT2D eigenvalue weighted by Crippen LogP contribution is -2.20. The molecule has 0 aromatic heterocycles. The van der Waals surface area contributed by atoms with Gasteiger partial charge in [0, 0.05) is 27.9 Å². The fraction of sp³-hybridized carbons (Fsp3) is 0.118. The van der Waals surface area contributed by atoms with Crippen LogP contribution in [0.1, 0.15) is 5.56 Å². The van der Waals surface area contributed by atoms with Gasteiger partial charge in [0.2, 0.25) is 5.84 Å². The third kappa shape index (κ3) is 4.18. The number of hydrogen-bond acceptors (Lipinski definition) is 3. The van der Waals surface area contributed by atoms with Crippen molar-refractivity contribution in [2.45, 2.75) is 6.42 Å². The second-order valence-corrected chi connectivity index (χ2v) is 5.97. The van der Waals surface area contributed by atoms with E-state index in [0.717, 1.165) is 11.3 Å². The second kappa shape index (κ2) is 6.94. The minimum absolute atomic E-state index is 0.173. The molecule has 1 N–H and O–H groups in total. The minimum atomic E-state index is -0.369. The lowest BCUT2D eigenvalue weighted by Gasteiger charge is -2.04. The van der Waals surface area contributed by atoms with E-state index in [1.54, 1.807) is 18.2 Å². The summed E-state index contributed by atoms with van der Waals surface area (Å²) in [5, 5.41) is 3.61. The molecule has 116 valence electrons. The van der Waals surface area contributed by atoms with Gasteiger partial charge in [-0.05, 0) is 23.8 Å². The number of amides is 1. The minimum Gasteiger partial charge on any atom is -0.319 e. The van der Waals surface area contributed by atoms with E-state index in [1.807, 2.05) is 30.3 Å². The highest BCUT2D eigenvalue weighted by molar-refractivity contribution is 6.45. The number of amidine groups is 1. The highest BCUT2D eigenvalue weighted by atomic mass is 35.5. The summed E-state index contributed by atoms with van der Waals surface area (Å²) >= 11 is 11.8. The number of nitrogens with zero attached hydrogens (tertiary/aromatic N) is 2. The average molecular weight is 346 g/mol. The van der Waals surface area contributed by atoms with Crippen LogP contribution < -0.4 is 5.32 Å². The van der Waals surface area contributed by atoms with Crippen molar-refractivity contribution in [2.75, 3.05) is 11.9 Å². The summed E-state index contributed by atoms with van der Waals surface area (Å²) in [7, 11) is 0. The zero-order valence-corrected chi connectivity index (χ0v) is 13.6. The molecule has 2 aromatic rings. The van der Waals surface area contributed by atoms with Crippen molar-refractivity contribution in [1.29, 1.82) is 0 Å². The molecule has 0 bridgehead atoms. The van der Waals surface area contributed by atoms with Crippen molar-refractivity contribution in [3.63, 3.8) is 0 Å². The number of nitrogens with one attached hydrogen (secondary N) is 1. The highest BCUT2D eigenvalue weighted by Crippen LogP contribution is 2.22. The van der Waals surface area contributed by atoms with Crippen LogP contribution in [0.15, 0.2) is 58.5 Å². The molecular formula is C17H13Cl2N3O. The lowest BCUT2D eigenvalue weighted by atomic mass is 10.1. The van der Waals surface area contributed by atoms with Crippen LogP contribution in [0.5, 0.6) is 0 Å². The first-order valence-corrected chi connectivity index (χ1v) is 7.78. The van der Waals surface area contributed by atoms with Crippen molar-refractivity contribution in [3.05, 3.63) is 64.1 Å². The lowest BCUT2D eigenvalue weighted by molar-refractivity contribution is -0.110. The Balaban J connectivity index is 1.66. The molecule has 4 nitrogen and oxygen atoms in total. The third-order valence-corrected chi connectivity index (χ3v) is 3.69. The SMILES string of the molecule is O=C(Nc1cc(Cl)cc(Cl)c1)C1=NCC(Cc2ccccc2)=N1. The molecule has 0 saturated heterocycles. The standard InChI is InChI=1S/C17H13Cl2N3O/c18-12-7-13(19)9-14(8-12)22-17(23)16-20-10-15(21-16)6-11-4-2-1-3-5-11/h1-5,7-9H,6,10H2,(H,22,23). The Morgan fingerprint density at radius 3 is 2.48 bits per heavy atom. The van der Waals surface area contributed by atoms with Gasteiger partial charge in [0.1, 0.15) is 0 Å². The van der Waals surface area contributed by atoms with Crippen LogP contribution in [0, 0.1) is 0 Å². The monoisotopic (exact) mass is 345 g/mol. The van der Waals surface area contributed by atoms with E-state index in [4.69, 9.17) is 23.2 Å². The summed E-state index contributed by atoms with van der Waals surface area (Å²) in [6, 6.07) is 14.8.